The summed E-state index contributed by atoms with van der Waals surface area (Å²) in [6.45, 7) is 7.99. The molecule has 1 N–H and O–H groups in total. The number of nitrogens with one attached hydrogen (secondary N) is 1. The van der Waals surface area contributed by atoms with Crippen molar-refractivity contribution >= 4 is 34.4 Å². The molecule has 25 heavy (non-hydrogen) atoms. The summed E-state index contributed by atoms with van der Waals surface area (Å²) in [4.78, 5) is 12.5. The van der Waals surface area contributed by atoms with E-state index in [0.717, 1.165) is 39.6 Å². The first-order valence-corrected chi connectivity index (χ1v) is 8.97. The predicted octanol–water partition coefficient (Wildman–Crippen LogP) is 4.53. The van der Waals surface area contributed by atoms with E-state index in [2.05, 4.69) is 40.0 Å². The number of hydrogen-bond acceptors (Lipinski definition) is 5. The minimum atomic E-state index is -0.608. The van der Waals surface area contributed by atoms with Gasteiger partial charge >= 0.3 is 0 Å². The van der Waals surface area contributed by atoms with Crippen LogP contribution in [0.25, 0.3) is 11.0 Å². The summed E-state index contributed by atoms with van der Waals surface area (Å²) in [5.41, 5.74) is 4.49. The fourth-order valence-electron chi connectivity index (χ4n) is 2.57. The zero-order valence-electron chi connectivity index (χ0n) is 14.7. The first-order valence-electron chi connectivity index (χ1n) is 8.24. The van der Waals surface area contributed by atoms with Gasteiger partial charge in [-0.2, -0.15) is 8.75 Å². The van der Waals surface area contributed by atoms with E-state index < -0.39 is 6.10 Å². The Morgan fingerprint density at radius 1 is 1.08 bits per heavy atom. The number of ether oxygens (including phenoxy) is 1. The molecule has 0 fully saturated rings. The minimum Gasteiger partial charge on any atom is -0.481 e. The van der Waals surface area contributed by atoms with E-state index in [1.165, 1.54) is 0 Å². The molecule has 5 nitrogen and oxygen atoms in total. The molecule has 0 spiro atoms. The van der Waals surface area contributed by atoms with Gasteiger partial charge in [-0.3, -0.25) is 4.79 Å². The van der Waals surface area contributed by atoms with Crippen LogP contribution in [0.2, 0.25) is 0 Å². The first kappa shape index (κ1) is 17.4. The van der Waals surface area contributed by atoms with E-state index in [0.29, 0.717) is 11.6 Å². The van der Waals surface area contributed by atoms with Crippen molar-refractivity contribution in [3.8, 4) is 5.75 Å². The molecule has 0 aliphatic rings. The number of amides is 1. The van der Waals surface area contributed by atoms with E-state index >= 15 is 0 Å². The van der Waals surface area contributed by atoms with Crippen LogP contribution in [-0.2, 0) is 4.79 Å². The van der Waals surface area contributed by atoms with Gasteiger partial charge in [-0.05, 0) is 55.2 Å². The molecule has 0 saturated heterocycles. The number of hydrogen-bond donors (Lipinski definition) is 1. The number of aromatic nitrogens is 2. The second-order valence-electron chi connectivity index (χ2n) is 6.41. The van der Waals surface area contributed by atoms with Gasteiger partial charge in [0.05, 0.1) is 11.7 Å². The van der Waals surface area contributed by atoms with Gasteiger partial charge < -0.3 is 10.1 Å². The average Bonchev–Trinajstić information content (AvgIpc) is 3.02. The number of carbonyl (C=O) groups excluding carboxylic acids is 1. The third kappa shape index (κ3) is 3.96. The van der Waals surface area contributed by atoms with Gasteiger partial charge in [-0.25, -0.2) is 0 Å². The van der Waals surface area contributed by atoms with Crippen molar-refractivity contribution in [2.24, 2.45) is 0 Å². The highest BCUT2D eigenvalue weighted by Crippen LogP contribution is 2.28. The van der Waals surface area contributed by atoms with Crippen molar-refractivity contribution in [3.63, 3.8) is 0 Å². The quantitative estimate of drug-likeness (QED) is 0.730. The average molecular weight is 355 g/mol. The van der Waals surface area contributed by atoms with E-state index in [-0.39, 0.29) is 5.91 Å². The number of benzene rings is 2. The lowest BCUT2D eigenvalue weighted by atomic mass is 10.0. The Hall–Kier alpha value is -2.47. The SMILES string of the molecule is Cc1ccc(C(C)C)c(O[C@@H](C)C(=O)Nc2ccc3nsnc3c2)c1. The van der Waals surface area contributed by atoms with Crippen molar-refractivity contribution < 1.29 is 9.53 Å². The van der Waals surface area contributed by atoms with Crippen LogP contribution < -0.4 is 10.1 Å². The molecular formula is C19H21N3O2S. The normalized spacial score (nSPS) is 12.4. The van der Waals surface area contributed by atoms with Crippen LogP contribution in [0, 0.1) is 6.92 Å². The molecular weight excluding hydrogens is 334 g/mol. The van der Waals surface area contributed by atoms with E-state index in [4.69, 9.17) is 4.74 Å². The Labute approximate surface area is 151 Å². The molecule has 0 saturated carbocycles. The summed E-state index contributed by atoms with van der Waals surface area (Å²) in [5.74, 6) is 0.890. The Kier molecular flexibility index (Phi) is 4.99. The van der Waals surface area contributed by atoms with Crippen molar-refractivity contribution in [1.82, 2.24) is 8.75 Å². The summed E-state index contributed by atoms with van der Waals surface area (Å²) in [6, 6.07) is 11.6. The molecule has 3 aromatic rings. The number of aryl methyl sites for hydroxylation is 1. The largest absolute Gasteiger partial charge is 0.481 e. The van der Waals surface area contributed by atoms with Crippen molar-refractivity contribution in [3.05, 3.63) is 47.5 Å². The van der Waals surface area contributed by atoms with Crippen LogP contribution >= 0.6 is 11.7 Å². The maximum Gasteiger partial charge on any atom is 0.265 e. The Morgan fingerprint density at radius 2 is 1.84 bits per heavy atom. The zero-order chi connectivity index (χ0) is 18.0. The molecule has 0 aliphatic heterocycles. The molecule has 130 valence electrons. The maximum atomic E-state index is 12.5. The van der Waals surface area contributed by atoms with Gasteiger partial charge in [0, 0.05) is 5.69 Å². The van der Waals surface area contributed by atoms with Gasteiger partial charge in [0.15, 0.2) is 6.10 Å². The van der Waals surface area contributed by atoms with Crippen LogP contribution in [0.5, 0.6) is 5.75 Å². The number of nitrogens with zero attached hydrogens (tertiary/aromatic N) is 2. The van der Waals surface area contributed by atoms with Crippen molar-refractivity contribution in [2.75, 3.05) is 5.32 Å². The Morgan fingerprint density at radius 3 is 2.60 bits per heavy atom. The highest BCUT2D eigenvalue weighted by Gasteiger charge is 2.18. The fraction of sp³-hybridized carbons (Fsp3) is 0.316. The molecule has 0 bridgehead atoms. The second kappa shape index (κ2) is 7.19. The van der Waals surface area contributed by atoms with Crippen molar-refractivity contribution in [2.45, 2.75) is 39.7 Å². The van der Waals surface area contributed by atoms with Gasteiger partial charge in [-0.1, -0.05) is 26.0 Å². The molecule has 1 heterocycles. The predicted molar refractivity (Wildman–Crippen MR) is 101 cm³/mol. The lowest BCUT2D eigenvalue weighted by Crippen LogP contribution is -2.30. The van der Waals surface area contributed by atoms with E-state index in [9.17, 15) is 4.79 Å². The van der Waals surface area contributed by atoms with Crippen LogP contribution in [0.15, 0.2) is 36.4 Å². The van der Waals surface area contributed by atoms with Gasteiger partial charge in [0.1, 0.15) is 16.8 Å². The van der Waals surface area contributed by atoms with Crippen LogP contribution in [-0.4, -0.2) is 20.8 Å². The standard InChI is InChI=1S/C19H21N3O2S/c1-11(2)15-7-5-12(3)9-18(15)24-13(4)19(23)20-14-6-8-16-17(10-14)22-25-21-16/h5-11,13H,1-4H3,(H,20,23)/t13-/m0/s1. The summed E-state index contributed by atoms with van der Waals surface area (Å²) < 4.78 is 14.3. The van der Waals surface area contributed by atoms with Crippen LogP contribution in [0.4, 0.5) is 5.69 Å². The zero-order valence-corrected chi connectivity index (χ0v) is 15.6. The summed E-state index contributed by atoms with van der Waals surface area (Å²) in [6.07, 6.45) is -0.608. The summed E-state index contributed by atoms with van der Waals surface area (Å²) >= 11 is 1.16. The minimum absolute atomic E-state index is 0.196. The lowest BCUT2D eigenvalue weighted by molar-refractivity contribution is -0.122. The number of anilines is 1. The molecule has 2 aromatic carbocycles. The monoisotopic (exact) mass is 355 g/mol. The molecule has 1 atom stereocenters. The fourth-order valence-corrected chi connectivity index (χ4v) is 3.09. The summed E-state index contributed by atoms with van der Waals surface area (Å²) in [7, 11) is 0. The molecule has 1 amide bonds. The van der Waals surface area contributed by atoms with E-state index in [1.54, 1.807) is 6.92 Å². The maximum absolute atomic E-state index is 12.5. The number of fused-ring (bicyclic) bond motifs is 1. The molecule has 0 aliphatic carbocycles. The molecule has 6 heteroatoms. The van der Waals surface area contributed by atoms with Gasteiger partial charge in [0.2, 0.25) is 0 Å². The van der Waals surface area contributed by atoms with Crippen molar-refractivity contribution in [1.29, 1.82) is 0 Å². The molecule has 1 aromatic heterocycles. The van der Waals surface area contributed by atoms with Crippen LogP contribution in [0.3, 0.4) is 0 Å². The molecule has 0 unspecified atom stereocenters. The highest BCUT2D eigenvalue weighted by molar-refractivity contribution is 7.00. The highest BCUT2D eigenvalue weighted by atomic mass is 32.1. The molecule has 0 radical (unpaired) electrons. The third-order valence-corrected chi connectivity index (χ3v) is 4.54. The lowest BCUT2D eigenvalue weighted by Gasteiger charge is -2.19. The second-order valence-corrected chi connectivity index (χ2v) is 6.94. The Bertz CT molecular complexity index is 905. The Balaban J connectivity index is 1.73. The van der Waals surface area contributed by atoms with E-state index in [1.807, 2.05) is 31.2 Å². The third-order valence-electron chi connectivity index (χ3n) is 3.99. The van der Waals surface area contributed by atoms with Gasteiger partial charge in [-0.15, -0.1) is 0 Å². The first-order chi connectivity index (χ1) is 11.9. The number of carbonyl (C=O) groups is 1. The smallest absolute Gasteiger partial charge is 0.265 e. The topological polar surface area (TPSA) is 64.1 Å². The van der Waals surface area contributed by atoms with Gasteiger partial charge in [0.25, 0.3) is 5.91 Å². The molecule has 3 rings (SSSR count). The number of rotatable bonds is 5. The van der Waals surface area contributed by atoms with Crippen LogP contribution in [0.1, 0.15) is 37.8 Å². The summed E-state index contributed by atoms with van der Waals surface area (Å²) in [5, 5.41) is 2.88.